The van der Waals surface area contributed by atoms with Crippen LogP contribution in [0.1, 0.15) is 18.0 Å². The summed E-state index contributed by atoms with van der Waals surface area (Å²) >= 11 is 0. The van der Waals surface area contributed by atoms with Gasteiger partial charge in [0.05, 0.1) is 29.7 Å². The number of amides is 2. The minimum Gasteiger partial charge on any atom is -0.497 e. The van der Waals surface area contributed by atoms with Gasteiger partial charge in [-0.2, -0.15) is 0 Å². The second-order valence-corrected chi connectivity index (χ2v) is 7.66. The molecule has 0 spiro atoms. The molecule has 3 heterocycles. The molecule has 154 valence electrons. The zero-order valence-corrected chi connectivity index (χ0v) is 16.3. The van der Waals surface area contributed by atoms with Crippen LogP contribution in [0.15, 0.2) is 48.5 Å². The molecule has 0 bridgehead atoms. The number of carbonyl (C=O) groups is 2. The first-order valence-electron chi connectivity index (χ1n) is 9.80. The van der Waals surface area contributed by atoms with Gasteiger partial charge in [0.15, 0.2) is 0 Å². The van der Waals surface area contributed by atoms with Crippen LogP contribution in [0.5, 0.6) is 5.75 Å². The Hall–Kier alpha value is -3.30. The van der Waals surface area contributed by atoms with E-state index in [1.807, 2.05) is 29.3 Å². The van der Waals surface area contributed by atoms with Gasteiger partial charge in [-0.3, -0.25) is 19.7 Å². The monoisotopic (exact) mass is 408 g/mol. The SMILES string of the molecule is COc1ccc([C@H]2[C@H]3C(=O)N(c4cccc([N+](=O)[O-])c4)C(=O)[C@@H]3N3CCCN23)cc1. The van der Waals surface area contributed by atoms with Crippen LogP contribution in [0.3, 0.4) is 0 Å². The molecular formula is C21H20N4O5. The Morgan fingerprint density at radius 3 is 2.37 bits per heavy atom. The summed E-state index contributed by atoms with van der Waals surface area (Å²) < 4.78 is 5.24. The van der Waals surface area contributed by atoms with Crippen molar-refractivity contribution in [1.29, 1.82) is 0 Å². The van der Waals surface area contributed by atoms with Crippen LogP contribution < -0.4 is 9.64 Å². The topological polar surface area (TPSA) is 96.2 Å². The van der Waals surface area contributed by atoms with E-state index in [2.05, 4.69) is 5.01 Å². The molecule has 30 heavy (non-hydrogen) atoms. The van der Waals surface area contributed by atoms with E-state index in [1.54, 1.807) is 13.2 Å². The second-order valence-electron chi connectivity index (χ2n) is 7.66. The normalized spacial score (nSPS) is 26.2. The van der Waals surface area contributed by atoms with Crippen LogP contribution in [0.2, 0.25) is 0 Å². The number of hydrogen-bond donors (Lipinski definition) is 0. The van der Waals surface area contributed by atoms with Crippen molar-refractivity contribution in [3.05, 3.63) is 64.2 Å². The smallest absolute Gasteiger partial charge is 0.271 e. The fourth-order valence-corrected chi connectivity index (χ4v) is 4.91. The summed E-state index contributed by atoms with van der Waals surface area (Å²) in [5.41, 5.74) is 1.03. The number of fused-ring (bicyclic) bond motifs is 3. The minimum atomic E-state index is -0.591. The van der Waals surface area contributed by atoms with Gasteiger partial charge in [0.1, 0.15) is 11.8 Å². The van der Waals surface area contributed by atoms with Gasteiger partial charge in [0.2, 0.25) is 5.91 Å². The zero-order chi connectivity index (χ0) is 21.0. The maximum atomic E-state index is 13.5. The average molecular weight is 408 g/mol. The summed E-state index contributed by atoms with van der Waals surface area (Å²) in [7, 11) is 1.60. The van der Waals surface area contributed by atoms with Gasteiger partial charge < -0.3 is 4.74 Å². The molecule has 3 aliphatic heterocycles. The number of imide groups is 1. The van der Waals surface area contributed by atoms with Crippen molar-refractivity contribution in [2.75, 3.05) is 25.1 Å². The highest BCUT2D eigenvalue weighted by atomic mass is 16.6. The summed E-state index contributed by atoms with van der Waals surface area (Å²) in [5, 5.41) is 15.3. The van der Waals surface area contributed by atoms with Crippen molar-refractivity contribution in [2.24, 2.45) is 5.92 Å². The maximum Gasteiger partial charge on any atom is 0.271 e. The van der Waals surface area contributed by atoms with Gasteiger partial charge >= 0.3 is 0 Å². The molecule has 0 radical (unpaired) electrons. The van der Waals surface area contributed by atoms with E-state index in [0.29, 0.717) is 6.54 Å². The molecule has 0 N–H and O–H groups in total. The summed E-state index contributed by atoms with van der Waals surface area (Å²) in [5.74, 6) is -0.488. The van der Waals surface area contributed by atoms with Gasteiger partial charge in [-0.15, -0.1) is 0 Å². The Balaban J connectivity index is 1.55. The van der Waals surface area contributed by atoms with Gasteiger partial charge in [-0.25, -0.2) is 14.9 Å². The number of methoxy groups -OCH3 is 1. The van der Waals surface area contributed by atoms with Crippen molar-refractivity contribution in [3.63, 3.8) is 0 Å². The standard InChI is InChI=1S/C21H20N4O5/c1-30-16-8-6-13(7-9-16)18-17-19(23-11-3-10-22(18)23)21(27)24(20(17)26)14-4-2-5-15(12-14)25(28)29/h2,4-9,12,17-19H,3,10-11H2,1H3/t17-,18+,19-/m1/s1. The van der Waals surface area contributed by atoms with Crippen LogP contribution >= 0.6 is 0 Å². The van der Waals surface area contributed by atoms with E-state index in [0.717, 1.165) is 29.2 Å². The molecule has 0 unspecified atom stereocenters. The molecule has 2 aromatic rings. The molecule has 3 fully saturated rings. The molecule has 9 heteroatoms. The van der Waals surface area contributed by atoms with Crippen molar-refractivity contribution in [1.82, 2.24) is 10.0 Å². The Labute approximate surface area is 172 Å². The predicted molar refractivity (Wildman–Crippen MR) is 107 cm³/mol. The van der Waals surface area contributed by atoms with E-state index in [1.165, 1.54) is 18.2 Å². The Kier molecular flexibility index (Phi) is 4.30. The Morgan fingerprint density at radius 2 is 1.70 bits per heavy atom. The maximum absolute atomic E-state index is 13.5. The number of rotatable bonds is 4. The molecule has 9 nitrogen and oxygen atoms in total. The highest BCUT2D eigenvalue weighted by molar-refractivity contribution is 6.24. The van der Waals surface area contributed by atoms with E-state index in [-0.39, 0.29) is 29.2 Å². The zero-order valence-electron chi connectivity index (χ0n) is 16.3. The average Bonchev–Trinajstić information content (AvgIpc) is 3.40. The summed E-state index contributed by atoms with van der Waals surface area (Å²) in [4.78, 5) is 38.6. The quantitative estimate of drug-likeness (QED) is 0.434. The first kappa shape index (κ1) is 18.7. The number of nitro groups is 1. The third kappa shape index (κ3) is 2.62. The summed E-state index contributed by atoms with van der Waals surface area (Å²) in [6.45, 7) is 1.48. The third-order valence-corrected chi connectivity index (χ3v) is 6.16. The van der Waals surface area contributed by atoms with E-state index in [9.17, 15) is 19.7 Å². The molecule has 0 saturated carbocycles. The number of benzene rings is 2. The van der Waals surface area contributed by atoms with Crippen LogP contribution in [-0.4, -0.2) is 53.0 Å². The molecule has 2 amide bonds. The third-order valence-electron chi connectivity index (χ3n) is 6.16. The van der Waals surface area contributed by atoms with Gasteiger partial charge in [-0.05, 0) is 30.2 Å². The highest BCUT2D eigenvalue weighted by Gasteiger charge is 2.62. The molecular weight excluding hydrogens is 388 g/mol. The second kappa shape index (κ2) is 6.89. The molecule has 3 aliphatic rings. The lowest BCUT2D eigenvalue weighted by atomic mass is 9.90. The van der Waals surface area contributed by atoms with Crippen LogP contribution in [-0.2, 0) is 9.59 Å². The molecule has 3 saturated heterocycles. The number of hydrogen-bond acceptors (Lipinski definition) is 7. The fourth-order valence-electron chi connectivity index (χ4n) is 4.91. The Bertz CT molecular complexity index is 1040. The van der Waals surface area contributed by atoms with Gasteiger partial charge in [0.25, 0.3) is 11.6 Å². The van der Waals surface area contributed by atoms with Crippen molar-refractivity contribution in [3.8, 4) is 5.75 Å². The van der Waals surface area contributed by atoms with Gasteiger partial charge in [-0.1, -0.05) is 18.2 Å². The minimum absolute atomic E-state index is 0.153. The largest absolute Gasteiger partial charge is 0.497 e. The number of hydrazine groups is 1. The lowest BCUT2D eigenvalue weighted by Gasteiger charge is -2.29. The lowest BCUT2D eigenvalue weighted by Crippen LogP contribution is -2.44. The fraction of sp³-hybridized carbons (Fsp3) is 0.333. The summed E-state index contributed by atoms with van der Waals surface area (Å²) in [6, 6.07) is 12.4. The van der Waals surface area contributed by atoms with Crippen LogP contribution in [0.4, 0.5) is 11.4 Å². The lowest BCUT2D eigenvalue weighted by molar-refractivity contribution is -0.384. The number of nitro benzene ring substituents is 1. The molecule has 0 aromatic heterocycles. The van der Waals surface area contributed by atoms with Gasteiger partial charge in [0, 0.05) is 25.2 Å². The molecule has 3 atom stereocenters. The first-order valence-corrected chi connectivity index (χ1v) is 9.80. The first-order chi connectivity index (χ1) is 14.5. The number of carbonyl (C=O) groups excluding carboxylic acids is 2. The molecule has 5 rings (SSSR count). The molecule has 0 aliphatic carbocycles. The van der Waals surface area contributed by atoms with Crippen molar-refractivity contribution < 1.29 is 19.2 Å². The highest BCUT2D eigenvalue weighted by Crippen LogP contribution is 2.49. The predicted octanol–water partition coefficient (Wildman–Crippen LogP) is 2.14. The van der Waals surface area contributed by atoms with Crippen molar-refractivity contribution in [2.45, 2.75) is 18.5 Å². The Morgan fingerprint density at radius 1 is 1.00 bits per heavy atom. The van der Waals surface area contributed by atoms with Crippen LogP contribution in [0, 0.1) is 16.0 Å². The van der Waals surface area contributed by atoms with E-state index >= 15 is 0 Å². The number of ether oxygens (including phenoxy) is 1. The molecule has 2 aromatic carbocycles. The summed E-state index contributed by atoms with van der Waals surface area (Å²) in [6.07, 6.45) is 0.911. The number of anilines is 1. The van der Waals surface area contributed by atoms with Crippen LogP contribution in [0.25, 0.3) is 0 Å². The number of non-ortho nitro benzene ring substituents is 1. The van der Waals surface area contributed by atoms with E-state index < -0.39 is 16.9 Å². The number of nitrogens with zero attached hydrogens (tertiary/aromatic N) is 4. The van der Waals surface area contributed by atoms with Crippen molar-refractivity contribution >= 4 is 23.2 Å². The van der Waals surface area contributed by atoms with E-state index in [4.69, 9.17) is 4.74 Å².